The first kappa shape index (κ1) is 22.3. The molecule has 0 saturated carbocycles. The van der Waals surface area contributed by atoms with Crippen molar-refractivity contribution >= 4 is 27.9 Å². The summed E-state index contributed by atoms with van der Waals surface area (Å²) >= 11 is 0. The maximum Gasteiger partial charge on any atom is 0.341 e. The van der Waals surface area contributed by atoms with Crippen LogP contribution in [-0.4, -0.2) is 49.3 Å². The molecule has 7 nitrogen and oxygen atoms in total. The molecule has 1 N–H and O–H groups in total. The van der Waals surface area contributed by atoms with E-state index in [0.29, 0.717) is 24.4 Å². The Balaban J connectivity index is 2.06. The molecule has 154 valence electrons. The average Bonchev–Trinajstić information content (AvgIpc) is 2.72. The number of hydrogen-bond donors (Lipinski definition) is 1. The molecule has 0 aliphatic heterocycles. The summed E-state index contributed by atoms with van der Waals surface area (Å²) in [6.07, 6.45) is 3.00. The molecule has 8 heteroatoms. The van der Waals surface area contributed by atoms with Crippen molar-refractivity contribution in [2.75, 3.05) is 19.7 Å². The zero-order valence-electron chi connectivity index (χ0n) is 16.2. The number of carboxylic acids is 1. The zero-order valence-corrected chi connectivity index (χ0v) is 17.1. The van der Waals surface area contributed by atoms with Gasteiger partial charge in [-0.1, -0.05) is 32.1 Å². The molecule has 0 fully saturated rings. The number of rotatable bonds is 10. The van der Waals surface area contributed by atoms with E-state index in [1.165, 1.54) is 34.6 Å². The number of ketones is 1. The van der Waals surface area contributed by atoms with Gasteiger partial charge in [0.2, 0.25) is 10.0 Å². The molecule has 2 rings (SSSR count). The molecule has 0 aliphatic carbocycles. The second-order valence-electron chi connectivity index (χ2n) is 6.06. The minimum atomic E-state index is -3.56. The van der Waals surface area contributed by atoms with Gasteiger partial charge in [0.05, 0.1) is 4.90 Å². The number of carbonyl (C=O) groups is 2. The van der Waals surface area contributed by atoms with Crippen LogP contribution in [0.5, 0.6) is 5.75 Å². The van der Waals surface area contributed by atoms with Gasteiger partial charge in [0.25, 0.3) is 0 Å². The van der Waals surface area contributed by atoms with Gasteiger partial charge >= 0.3 is 5.97 Å². The molecule has 0 heterocycles. The van der Waals surface area contributed by atoms with Crippen molar-refractivity contribution < 1.29 is 27.9 Å². The maximum atomic E-state index is 12.5. The second-order valence-corrected chi connectivity index (χ2v) is 8.00. The largest absolute Gasteiger partial charge is 0.482 e. The van der Waals surface area contributed by atoms with Crippen LogP contribution in [0.4, 0.5) is 0 Å². The molecule has 0 saturated heterocycles. The molecular weight excluding hydrogens is 394 g/mol. The Labute approximate surface area is 170 Å². The van der Waals surface area contributed by atoms with Crippen molar-refractivity contribution in [1.29, 1.82) is 0 Å². The quantitative estimate of drug-likeness (QED) is 0.471. The third kappa shape index (κ3) is 6.00. The van der Waals surface area contributed by atoms with Gasteiger partial charge in [0, 0.05) is 18.7 Å². The first-order chi connectivity index (χ1) is 13.8. The molecule has 0 radical (unpaired) electrons. The summed E-state index contributed by atoms with van der Waals surface area (Å²) in [5.41, 5.74) is 1.11. The molecular formula is C21H23NO6S. The van der Waals surface area contributed by atoms with Crippen LogP contribution in [0.1, 0.15) is 29.8 Å². The monoisotopic (exact) mass is 417 g/mol. The summed E-state index contributed by atoms with van der Waals surface area (Å²) in [5.74, 6) is -0.903. The highest BCUT2D eigenvalue weighted by Gasteiger charge is 2.21. The van der Waals surface area contributed by atoms with E-state index in [2.05, 4.69) is 0 Å². The average molecular weight is 417 g/mol. The van der Waals surface area contributed by atoms with Gasteiger partial charge in [-0.2, -0.15) is 4.31 Å². The molecule has 2 aromatic rings. The molecule has 0 aliphatic rings. The lowest BCUT2D eigenvalue weighted by molar-refractivity contribution is -0.139. The van der Waals surface area contributed by atoms with Crippen molar-refractivity contribution in [1.82, 2.24) is 4.31 Å². The van der Waals surface area contributed by atoms with Crippen molar-refractivity contribution in [3.05, 3.63) is 65.7 Å². The van der Waals surface area contributed by atoms with E-state index in [0.717, 1.165) is 5.56 Å². The summed E-state index contributed by atoms with van der Waals surface area (Å²) in [4.78, 5) is 23.0. The van der Waals surface area contributed by atoms with Gasteiger partial charge < -0.3 is 9.84 Å². The smallest absolute Gasteiger partial charge is 0.341 e. The van der Waals surface area contributed by atoms with Crippen LogP contribution in [0.2, 0.25) is 0 Å². The van der Waals surface area contributed by atoms with E-state index < -0.39 is 22.6 Å². The minimum absolute atomic E-state index is 0.152. The Morgan fingerprint density at radius 2 is 1.59 bits per heavy atom. The molecule has 0 unspecified atom stereocenters. The predicted octanol–water partition coefficient (Wildman–Crippen LogP) is 3.08. The van der Waals surface area contributed by atoms with Crippen LogP contribution in [0.15, 0.2) is 59.5 Å². The highest BCUT2D eigenvalue weighted by atomic mass is 32.2. The van der Waals surface area contributed by atoms with Crippen LogP contribution in [-0.2, 0) is 14.8 Å². The molecule has 0 amide bonds. The maximum absolute atomic E-state index is 12.5. The fourth-order valence-corrected chi connectivity index (χ4v) is 4.05. The Bertz CT molecular complexity index is 975. The first-order valence-electron chi connectivity index (χ1n) is 9.05. The number of hydrogen-bond acceptors (Lipinski definition) is 5. The van der Waals surface area contributed by atoms with E-state index >= 15 is 0 Å². The fourth-order valence-electron chi connectivity index (χ4n) is 2.59. The Morgan fingerprint density at radius 1 is 1.00 bits per heavy atom. The number of ether oxygens (including phenoxy) is 1. The molecule has 0 aromatic heterocycles. The normalized spacial score (nSPS) is 11.7. The van der Waals surface area contributed by atoms with Gasteiger partial charge in [-0.25, -0.2) is 13.2 Å². The third-order valence-corrected chi connectivity index (χ3v) is 6.22. The number of carboxylic acid groups (broad SMARTS) is 1. The Hall–Kier alpha value is -2.97. The van der Waals surface area contributed by atoms with Crippen LogP contribution in [0.3, 0.4) is 0 Å². The van der Waals surface area contributed by atoms with Crippen molar-refractivity contribution in [3.8, 4) is 5.75 Å². The molecule has 0 bridgehead atoms. The third-order valence-electron chi connectivity index (χ3n) is 4.15. The first-order valence-corrected chi connectivity index (χ1v) is 10.5. The van der Waals surface area contributed by atoms with Crippen LogP contribution in [0.25, 0.3) is 6.08 Å². The summed E-state index contributed by atoms with van der Waals surface area (Å²) in [5, 5.41) is 8.59. The highest BCUT2D eigenvalue weighted by Crippen LogP contribution is 2.17. The summed E-state index contributed by atoms with van der Waals surface area (Å²) in [7, 11) is -3.56. The number of nitrogens with zero attached hydrogens (tertiary/aromatic N) is 1. The molecule has 0 spiro atoms. The summed E-state index contributed by atoms with van der Waals surface area (Å²) in [6.45, 7) is 3.88. The minimum Gasteiger partial charge on any atom is -0.482 e. The van der Waals surface area contributed by atoms with Gasteiger partial charge in [-0.15, -0.1) is 0 Å². The van der Waals surface area contributed by atoms with Crippen molar-refractivity contribution in [2.45, 2.75) is 18.7 Å². The number of benzene rings is 2. The predicted molar refractivity (Wildman–Crippen MR) is 109 cm³/mol. The Morgan fingerprint density at radius 3 is 2.10 bits per heavy atom. The van der Waals surface area contributed by atoms with E-state index in [4.69, 9.17) is 9.84 Å². The van der Waals surface area contributed by atoms with Crippen molar-refractivity contribution in [3.63, 3.8) is 0 Å². The van der Waals surface area contributed by atoms with Gasteiger partial charge in [-0.3, -0.25) is 4.79 Å². The standard InChI is InChI=1S/C21H23NO6S/c1-3-22(4-2)29(26,27)19-12-8-17(9-13-19)20(23)14-7-16-5-10-18(11-6-16)28-15-21(24)25/h5-14H,3-4,15H2,1-2H3,(H,24,25). The summed E-state index contributed by atoms with van der Waals surface area (Å²) in [6, 6.07) is 12.5. The number of carbonyl (C=O) groups excluding carboxylic acids is 1. The van der Waals surface area contributed by atoms with Crippen molar-refractivity contribution in [2.24, 2.45) is 0 Å². The Kier molecular flexibility index (Phi) is 7.69. The van der Waals surface area contributed by atoms with Gasteiger partial charge in [0.15, 0.2) is 12.4 Å². The molecule has 2 aromatic carbocycles. The molecule has 29 heavy (non-hydrogen) atoms. The number of aliphatic carboxylic acids is 1. The van der Waals surface area contributed by atoms with E-state index in [-0.39, 0.29) is 10.7 Å². The van der Waals surface area contributed by atoms with Gasteiger partial charge in [-0.05, 0) is 48.0 Å². The van der Waals surface area contributed by atoms with E-state index in [1.54, 1.807) is 44.2 Å². The lowest BCUT2D eigenvalue weighted by atomic mass is 10.1. The SMILES string of the molecule is CCN(CC)S(=O)(=O)c1ccc(C(=O)C=Cc2ccc(OCC(=O)O)cc2)cc1. The fraction of sp³-hybridized carbons (Fsp3) is 0.238. The van der Waals surface area contributed by atoms with Crippen LogP contribution in [0, 0.1) is 0 Å². The number of allylic oxidation sites excluding steroid dienone is 1. The van der Waals surface area contributed by atoms with Crippen LogP contribution >= 0.6 is 0 Å². The highest BCUT2D eigenvalue weighted by molar-refractivity contribution is 7.89. The van der Waals surface area contributed by atoms with Crippen LogP contribution < -0.4 is 4.74 Å². The lowest BCUT2D eigenvalue weighted by Crippen LogP contribution is -2.30. The lowest BCUT2D eigenvalue weighted by Gasteiger charge is -2.18. The topological polar surface area (TPSA) is 101 Å². The second kappa shape index (κ2) is 9.99. The summed E-state index contributed by atoms with van der Waals surface area (Å²) < 4.78 is 31.4. The van der Waals surface area contributed by atoms with E-state index in [1.807, 2.05) is 0 Å². The zero-order chi connectivity index (χ0) is 21.4. The molecule has 0 atom stereocenters. The van der Waals surface area contributed by atoms with E-state index in [9.17, 15) is 18.0 Å². The van der Waals surface area contributed by atoms with Gasteiger partial charge in [0.1, 0.15) is 5.75 Å². The number of sulfonamides is 1.